The molecule has 1 nitrogen and oxygen atoms in total. The van der Waals surface area contributed by atoms with Crippen LogP contribution in [0.2, 0.25) is 0 Å². The molecular formula is C17H29N. The molecule has 0 aromatic heterocycles. The first kappa shape index (κ1) is 15.2. The average Bonchev–Trinajstić information content (AvgIpc) is 2.34. The van der Waals surface area contributed by atoms with Gasteiger partial charge in [0.05, 0.1) is 0 Å². The number of rotatable bonds is 8. The van der Waals surface area contributed by atoms with Gasteiger partial charge in [-0.25, -0.2) is 0 Å². The lowest BCUT2D eigenvalue weighted by Crippen LogP contribution is -2.10. The first-order chi connectivity index (χ1) is 8.63. The van der Waals surface area contributed by atoms with Gasteiger partial charge in [0.25, 0.3) is 0 Å². The molecule has 1 aromatic carbocycles. The van der Waals surface area contributed by atoms with Crippen LogP contribution in [0.3, 0.4) is 0 Å². The van der Waals surface area contributed by atoms with Gasteiger partial charge in [-0.3, -0.25) is 0 Å². The lowest BCUT2D eigenvalue weighted by atomic mass is 9.96. The molecule has 0 saturated heterocycles. The van der Waals surface area contributed by atoms with Crippen LogP contribution in [0.5, 0.6) is 0 Å². The highest BCUT2D eigenvalue weighted by atomic mass is 14.6. The first-order valence-electron chi connectivity index (χ1n) is 7.48. The van der Waals surface area contributed by atoms with Crippen molar-refractivity contribution in [2.45, 2.75) is 65.3 Å². The third-order valence-corrected chi connectivity index (χ3v) is 3.39. The molecule has 0 aliphatic carbocycles. The van der Waals surface area contributed by atoms with Crippen molar-refractivity contribution < 1.29 is 0 Å². The number of benzene rings is 1. The van der Waals surface area contributed by atoms with E-state index in [0.717, 1.165) is 12.8 Å². The smallest absolute Gasteiger partial charge is 0.0294 e. The van der Waals surface area contributed by atoms with E-state index in [9.17, 15) is 0 Å². The van der Waals surface area contributed by atoms with Gasteiger partial charge in [0.2, 0.25) is 0 Å². The van der Waals surface area contributed by atoms with Crippen LogP contribution in [-0.2, 0) is 6.42 Å². The lowest BCUT2D eigenvalue weighted by Gasteiger charge is -2.14. The van der Waals surface area contributed by atoms with Crippen LogP contribution >= 0.6 is 0 Å². The van der Waals surface area contributed by atoms with Crippen molar-refractivity contribution in [2.24, 2.45) is 11.7 Å². The second kappa shape index (κ2) is 8.31. The zero-order chi connectivity index (χ0) is 13.4. The van der Waals surface area contributed by atoms with Crippen LogP contribution in [0.1, 0.15) is 70.0 Å². The van der Waals surface area contributed by atoms with Crippen molar-refractivity contribution in [3.8, 4) is 0 Å². The van der Waals surface area contributed by atoms with Gasteiger partial charge >= 0.3 is 0 Å². The van der Waals surface area contributed by atoms with Crippen molar-refractivity contribution in [3.63, 3.8) is 0 Å². The normalized spacial score (nSPS) is 12.9. The van der Waals surface area contributed by atoms with E-state index in [1.807, 2.05) is 0 Å². The van der Waals surface area contributed by atoms with Gasteiger partial charge in [-0.15, -0.1) is 0 Å². The fourth-order valence-corrected chi connectivity index (χ4v) is 2.38. The zero-order valence-corrected chi connectivity index (χ0v) is 12.3. The van der Waals surface area contributed by atoms with E-state index in [1.165, 1.54) is 36.8 Å². The fraction of sp³-hybridized carbons (Fsp3) is 0.647. The minimum atomic E-state index is 0.217. The summed E-state index contributed by atoms with van der Waals surface area (Å²) in [7, 11) is 0. The topological polar surface area (TPSA) is 26.0 Å². The Bertz CT molecular complexity index is 330. The van der Waals surface area contributed by atoms with Gasteiger partial charge in [0.1, 0.15) is 0 Å². The molecule has 0 spiro atoms. The quantitative estimate of drug-likeness (QED) is 0.653. The van der Waals surface area contributed by atoms with Crippen LogP contribution in [0.25, 0.3) is 0 Å². The third-order valence-electron chi connectivity index (χ3n) is 3.39. The van der Waals surface area contributed by atoms with Gasteiger partial charge in [0.15, 0.2) is 0 Å². The number of hydrogen-bond acceptors (Lipinski definition) is 1. The molecule has 0 fully saturated rings. The molecular weight excluding hydrogens is 218 g/mol. The average molecular weight is 247 g/mol. The SMILES string of the molecule is CCCCCCC(N)c1cccc(CC(C)C)c1. The minimum Gasteiger partial charge on any atom is -0.324 e. The Morgan fingerprint density at radius 1 is 1.11 bits per heavy atom. The van der Waals surface area contributed by atoms with E-state index in [-0.39, 0.29) is 6.04 Å². The van der Waals surface area contributed by atoms with Crippen LogP contribution in [-0.4, -0.2) is 0 Å². The second-order valence-electron chi connectivity index (χ2n) is 5.80. The lowest BCUT2D eigenvalue weighted by molar-refractivity contribution is 0.565. The Labute approximate surface area is 113 Å². The summed E-state index contributed by atoms with van der Waals surface area (Å²) in [6, 6.07) is 9.05. The molecule has 1 atom stereocenters. The maximum absolute atomic E-state index is 6.28. The van der Waals surface area contributed by atoms with Gasteiger partial charge in [-0.2, -0.15) is 0 Å². The van der Waals surface area contributed by atoms with Crippen molar-refractivity contribution in [2.75, 3.05) is 0 Å². The second-order valence-corrected chi connectivity index (χ2v) is 5.80. The molecule has 18 heavy (non-hydrogen) atoms. The summed E-state index contributed by atoms with van der Waals surface area (Å²) < 4.78 is 0. The summed E-state index contributed by atoms with van der Waals surface area (Å²) in [6.07, 6.45) is 7.46. The summed E-state index contributed by atoms with van der Waals surface area (Å²) in [5.74, 6) is 0.709. The molecule has 0 bridgehead atoms. The Morgan fingerprint density at radius 3 is 2.56 bits per heavy atom. The fourth-order valence-electron chi connectivity index (χ4n) is 2.38. The molecule has 0 saturated carbocycles. The molecule has 0 amide bonds. The summed E-state index contributed by atoms with van der Waals surface area (Å²) in [6.45, 7) is 6.77. The molecule has 1 rings (SSSR count). The van der Waals surface area contributed by atoms with Gasteiger partial charge in [-0.1, -0.05) is 70.7 Å². The zero-order valence-electron chi connectivity index (χ0n) is 12.3. The Balaban J connectivity index is 2.48. The van der Waals surface area contributed by atoms with Crippen LogP contribution in [0.15, 0.2) is 24.3 Å². The molecule has 102 valence electrons. The first-order valence-corrected chi connectivity index (χ1v) is 7.48. The van der Waals surface area contributed by atoms with Gasteiger partial charge in [-0.05, 0) is 29.9 Å². The molecule has 1 aromatic rings. The molecule has 0 radical (unpaired) electrons. The monoisotopic (exact) mass is 247 g/mol. The number of nitrogens with two attached hydrogens (primary N) is 1. The van der Waals surface area contributed by atoms with Crippen LogP contribution in [0, 0.1) is 5.92 Å². The van der Waals surface area contributed by atoms with Crippen molar-refractivity contribution >= 4 is 0 Å². The van der Waals surface area contributed by atoms with Crippen LogP contribution < -0.4 is 5.73 Å². The minimum absolute atomic E-state index is 0.217. The summed E-state index contributed by atoms with van der Waals surface area (Å²) in [4.78, 5) is 0. The predicted octanol–water partition coefficient (Wildman–Crippen LogP) is 4.86. The molecule has 1 unspecified atom stereocenters. The number of unbranched alkanes of at least 4 members (excludes halogenated alkanes) is 3. The van der Waals surface area contributed by atoms with Crippen molar-refractivity contribution in [3.05, 3.63) is 35.4 Å². The largest absolute Gasteiger partial charge is 0.324 e. The Hall–Kier alpha value is -0.820. The van der Waals surface area contributed by atoms with Crippen LogP contribution in [0.4, 0.5) is 0 Å². The molecule has 1 heteroatoms. The summed E-state index contributed by atoms with van der Waals surface area (Å²) in [5.41, 5.74) is 9.01. The summed E-state index contributed by atoms with van der Waals surface area (Å²) >= 11 is 0. The van der Waals surface area contributed by atoms with E-state index < -0.39 is 0 Å². The van der Waals surface area contributed by atoms with E-state index in [2.05, 4.69) is 45.0 Å². The third kappa shape index (κ3) is 5.68. The highest BCUT2D eigenvalue weighted by Crippen LogP contribution is 2.20. The maximum atomic E-state index is 6.28. The Morgan fingerprint density at radius 2 is 1.89 bits per heavy atom. The molecule has 2 N–H and O–H groups in total. The van der Waals surface area contributed by atoms with E-state index >= 15 is 0 Å². The highest BCUT2D eigenvalue weighted by Gasteiger charge is 2.07. The van der Waals surface area contributed by atoms with Gasteiger partial charge in [0, 0.05) is 6.04 Å². The van der Waals surface area contributed by atoms with E-state index in [4.69, 9.17) is 5.73 Å². The highest BCUT2D eigenvalue weighted by molar-refractivity contribution is 5.26. The molecule has 0 heterocycles. The maximum Gasteiger partial charge on any atom is 0.0294 e. The Kier molecular flexibility index (Phi) is 7.04. The van der Waals surface area contributed by atoms with E-state index in [1.54, 1.807) is 0 Å². The van der Waals surface area contributed by atoms with Gasteiger partial charge < -0.3 is 5.73 Å². The predicted molar refractivity (Wildman–Crippen MR) is 80.7 cm³/mol. The molecule has 0 aliphatic heterocycles. The standard InChI is InChI=1S/C17H29N/c1-4-5-6-7-11-17(18)16-10-8-9-15(13-16)12-14(2)3/h8-10,13-14,17H,4-7,11-12,18H2,1-3H3. The summed E-state index contributed by atoms with van der Waals surface area (Å²) in [5, 5.41) is 0. The van der Waals surface area contributed by atoms with Crippen molar-refractivity contribution in [1.82, 2.24) is 0 Å². The van der Waals surface area contributed by atoms with E-state index in [0.29, 0.717) is 5.92 Å². The molecule has 0 aliphatic rings. The van der Waals surface area contributed by atoms with Crippen molar-refractivity contribution in [1.29, 1.82) is 0 Å². The number of hydrogen-bond donors (Lipinski definition) is 1.